The van der Waals surface area contributed by atoms with Gasteiger partial charge in [-0.3, -0.25) is 18.6 Å². The molecule has 9 nitrogen and oxygen atoms in total. The lowest BCUT2D eigenvalue weighted by Gasteiger charge is -2.19. The second kappa shape index (κ2) is 77.6. The highest BCUT2D eigenvalue weighted by atomic mass is 31.2. The van der Waals surface area contributed by atoms with Crippen molar-refractivity contribution in [1.29, 1.82) is 0 Å². The smallest absolute Gasteiger partial charge is 0.462 e. The minimum absolute atomic E-state index is 0.0418. The van der Waals surface area contributed by atoms with E-state index in [9.17, 15) is 19.0 Å². The molecule has 534 valence electrons. The third-order valence-electron chi connectivity index (χ3n) is 15.2. The molecule has 0 fully saturated rings. The van der Waals surface area contributed by atoms with Crippen LogP contribution in [0.25, 0.3) is 0 Å². The molecule has 0 aromatic heterocycles. The second-order valence-electron chi connectivity index (χ2n) is 24.0. The molecule has 95 heavy (non-hydrogen) atoms. The Morgan fingerprint density at radius 2 is 0.547 bits per heavy atom. The summed E-state index contributed by atoms with van der Waals surface area (Å²) >= 11 is 0. The van der Waals surface area contributed by atoms with E-state index < -0.39 is 32.5 Å². The predicted molar refractivity (Wildman–Crippen MR) is 412 cm³/mol. The molecule has 0 radical (unpaired) electrons. The number of nitrogens with two attached hydrogens (primary N) is 1. The summed E-state index contributed by atoms with van der Waals surface area (Å²) < 4.78 is 33.2. The number of rotatable bonds is 68. The van der Waals surface area contributed by atoms with Gasteiger partial charge in [-0.25, -0.2) is 4.57 Å². The fraction of sp³-hybridized carbons (Fsp3) is 0.576. The molecule has 0 bridgehead atoms. The van der Waals surface area contributed by atoms with E-state index in [2.05, 4.69) is 220 Å². The molecule has 0 aromatic rings. The molecular formula is C85H136NO8P. The van der Waals surface area contributed by atoms with Gasteiger partial charge in [0, 0.05) is 19.4 Å². The number of carbonyl (C=O) groups excluding carboxylic acids is 2. The molecule has 2 atom stereocenters. The zero-order valence-corrected chi connectivity index (χ0v) is 61.0. The van der Waals surface area contributed by atoms with Gasteiger partial charge in [-0.05, 0) is 148 Å². The number of hydrogen-bond acceptors (Lipinski definition) is 8. The first kappa shape index (κ1) is 89.6. The van der Waals surface area contributed by atoms with Gasteiger partial charge in [0.2, 0.25) is 0 Å². The van der Waals surface area contributed by atoms with Crippen molar-refractivity contribution in [3.63, 3.8) is 0 Å². The van der Waals surface area contributed by atoms with E-state index in [0.29, 0.717) is 6.42 Å². The van der Waals surface area contributed by atoms with Crippen LogP contribution in [0.4, 0.5) is 0 Å². The average Bonchev–Trinajstić information content (AvgIpc) is 2.75. The highest BCUT2D eigenvalue weighted by molar-refractivity contribution is 7.47. The molecule has 0 aromatic carbocycles. The van der Waals surface area contributed by atoms with Crippen LogP contribution in [0.15, 0.2) is 207 Å². The summed E-state index contributed by atoms with van der Waals surface area (Å²) in [6.07, 6.45) is 119. The van der Waals surface area contributed by atoms with Crippen LogP contribution in [0.1, 0.15) is 284 Å². The quantitative estimate of drug-likeness (QED) is 0.0264. The van der Waals surface area contributed by atoms with Crippen LogP contribution in [-0.2, 0) is 32.7 Å². The minimum atomic E-state index is -4.41. The van der Waals surface area contributed by atoms with E-state index in [0.717, 1.165) is 167 Å². The van der Waals surface area contributed by atoms with Crippen molar-refractivity contribution in [2.24, 2.45) is 5.73 Å². The maximum atomic E-state index is 12.8. The molecule has 2 unspecified atom stereocenters. The zero-order valence-electron chi connectivity index (χ0n) is 60.1. The first-order chi connectivity index (χ1) is 46.8. The van der Waals surface area contributed by atoms with Crippen LogP contribution >= 0.6 is 7.82 Å². The summed E-state index contributed by atoms with van der Waals surface area (Å²) in [6, 6.07) is 0. The van der Waals surface area contributed by atoms with Gasteiger partial charge in [-0.2, -0.15) is 0 Å². The van der Waals surface area contributed by atoms with Crippen LogP contribution in [0, 0.1) is 0 Å². The van der Waals surface area contributed by atoms with Crippen molar-refractivity contribution in [3.8, 4) is 0 Å². The summed E-state index contributed by atoms with van der Waals surface area (Å²) in [6.45, 7) is 3.49. The molecule has 0 heterocycles. The van der Waals surface area contributed by atoms with Gasteiger partial charge in [0.05, 0.1) is 13.2 Å². The number of unbranched alkanes of at least 4 members (excludes halogenated alkanes) is 21. The maximum absolute atomic E-state index is 12.8. The van der Waals surface area contributed by atoms with Gasteiger partial charge in [-0.15, -0.1) is 0 Å². The van der Waals surface area contributed by atoms with E-state index in [1.54, 1.807) is 0 Å². The topological polar surface area (TPSA) is 134 Å². The number of phosphoric ester groups is 1. The average molecular weight is 1330 g/mol. The van der Waals surface area contributed by atoms with Gasteiger partial charge in [-0.1, -0.05) is 330 Å². The van der Waals surface area contributed by atoms with Crippen molar-refractivity contribution in [1.82, 2.24) is 0 Å². The Balaban J connectivity index is 3.97. The monoisotopic (exact) mass is 1330 g/mol. The molecule has 0 saturated carbocycles. The van der Waals surface area contributed by atoms with E-state index in [4.69, 9.17) is 24.3 Å². The summed E-state index contributed by atoms with van der Waals surface area (Å²) in [4.78, 5) is 35.4. The third-order valence-corrected chi connectivity index (χ3v) is 16.1. The summed E-state index contributed by atoms with van der Waals surface area (Å²) in [5, 5.41) is 0. The SMILES string of the molecule is CC/C=C\C/C=C\C/C=C\C/C=C\C/C=C\C/C=C\C/C=C\C/C=C\C/C=C\C/C=C\C/C=C\CCCCCCCCCC(=O)OC(COC(=O)CCCCCCCCCCCCCCCC/C=C\C/C=C\C/C=C\C/C=C\C/C=C\C/C=C\CC)COP(=O)(O)OCCN. The van der Waals surface area contributed by atoms with E-state index >= 15 is 0 Å². The van der Waals surface area contributed by atoms with Gasteiger partial charge < -0.3 is 20.1 Å². The molecule has 0 saturated heterocycles. The van der Waals surface area contributed by atoms with Crippen LogP contribution < -0.4 is 5.73 Å². The normalized spacial score (nSPS) is 14.1. The van der Waals surface area contributed by atoms with Crippen molar-refractivity contribution < 1.29 is 37.6 Å². The van der Waals surface area contributed by atoms with Gasteiger partial charge in [0.25, 0.3) is 0 Å². The fourth-order valence-corrected chi connectivity index (χ4v) is 10.5. The number of allylic oxidation sites excluding steroid dienone is 34. The van der Waals surface area contributed by atoms with E-state index in [1.807, 2.05) is 0 Å². The number of phosphoric acid groups is 1. The molecule has 0 aliphatic carbocycles. The van der Waals surface area contributed by atoms with Gasteiger partial charge in [0.15, 0.2) is 6.10 Å². The highest BCUT2D eigenvalue weighted by Crippen LogP contribution is 2.43. The fourth-order valence-electron chi connectivity index (χ4n) is 9.70. The second-order valence-corrected chi connectivity index (χ2v) is 25.5. The van der Waals surface area contributed by atoms with Crippen molar-refractivity contribution in [2.45, 2.75) is 290 Å². The summed E-state index contributed by atoms with van der Waals surface area (Å²) in [5.41, 5.74) is 5.41. The largest absolute Gasteiger partial charge is 0.472 e. The van der Waals surface area contributed by atoms with Crippen LogP contribution in [0.2, 0.25) is 0 Å². The number of carbonyl (C=O) groups is 2. The lowest BCUT2D eigenvalue weighted by Crippen LogP contribution is -2.29. The molecule has 0 rings (SSSR count). The van der Waals surface area contributed by atoms with E-state index in [-0.39, 0.29) is 32.6 Å². The van der Waals surface area contributed by atoms with Crippen molar-refractivity contribution in [3.05, 3.63) is 207 Å². The Morgan fingerprint density at radius 3 is 0.811 bits per heavy atom. The molecule has 0 spiro atoms. The zero-order chi connectivity index (χ0) is 68.6. The Hall–Kier alpha value is -5.41. The third kappa shape index (κ3) is 77.5. The number of esters is 2. The molecule has 0 aliphatic rings. The number of ether oxygens (including phenoxy) is 2. The van der Waals surface area contributed by atoms with Crippen LogP contribution in [0.5, 0.6) is 0 Å². The van der Waals surface area contributed by atoms with E-state index in [1.165, 1.54) is 83.5 Å². The standard InChI is InChI=1S/C85H136NO8P/c1-3-5-7-9-11-13-15-17-19-21-23-25-27-29-31-33-35-37-38-39-40-41-42-43-44-46-48-50-52-54-56-58-60-62-64-66-68-70-72-74-76-78-85(88)94-83(82-93-95(89,90)92-80-79-86)81-91-84(87)77-75-73-71-69-67-65-63-61-59-57-55-53-51-49-47-45-36-34-32-30-28-26-24-22-20-18-16-14-12-10-8-6-4-2/h5-8,11-14,17-20,23-26,29-32,35-37,39-40,42-43,45-46,48,52,54,58,60,83H,3-4,9-10,15-16,21-22,27-28,33-34,38,41,44,47,49-51,53,55-57,59,61-82,86H2,1-2H3,(H,89,90)/b7-5-,8-6-,13-11-,14-12-,19-17-,20-18-,25-23-,26-24-,31-29-,32-30-,37-35-,40-39-,43-42-,45-36-,48-46-,54-52-,60-58-. The molecular weight excluding hydrogens is 1190 g/mol. The van der Waals surface area contributed by atoms with Crippen LogP contribution in [0.3, 0.4) is 0 Å². The van der Waals surface area contributed by atoms with Crippen molar-refractivity contribution in [2.75, 3.05) is 26.4 Å². The first-order valence-corrected chi connectivity index (χ1v) is 39.1. The van der Waals surface area contributed by atoms with Crippen molar-refractivity contribution >= 4 is 19.8 Å². The molecule has 0 amide bonds. The predicted octanol–water partition coefficient (Wildman–Crippen LogP) is 25.4. The lowest BCUT2D eigenvalue weighted by atomic mass is 10.0. The summed E-state index contributed by atoms with van der Waals surface area (Å²) in [5.74, 6) is -0.850. The Morgan fingerprint density at radius 1 is 0.316 bits per heavy atom. The highest BCUT2D eigenvalue weighted by Gasteiger charge is 2.26. The Bertz CT molecular complexity index is 2320. The molecule has 0 aliphatic heterocycles. The van der Waals surface area contributed by atoms with Crippen LogP contribution in [-0.4, -0.2) is 49.3 Å². The number of hydrogen-bond donors (Lipinski definition) is 2. The molecule has 3 N–H and O–H groups in total. The molecule has 10 heteroatoms. The van der Waals surface area contributed by atoms with Gasteiger partial charge in [0.1, 0.15) is 6.61 Å². The first-order valence-electron chi connectivity index (χ1n) is 37.6. The maximum Gasteiger partial charge on any atom is 0.472 e. The Labute approximate surface area is 582 Å². The lowest BCUT2D eigenvalue weighted by molar-refractivity contribution is -0.161. The minimum Gasteiger partial charge on any atom is -0.462 e. The van der Waals surface area contributed by atoms with Gasteiger partial charge >= 0.3 is 19.8 Å². The summed E-state index contributed by atoms with van der Waals surface area (Å²) in [7, 11) is -4.41. The Kier molecular flexibility index (Phi) is 73.2.